The van der Waals surface area contributed by atoms with Gasteiger partial charge in [-0.15, -0.1) is 0 Å². The van der Waals surface area contributed by atoms with Crippen molar-refractivity contribution in [1.82, 2.24) is 4.98 Å². The molecule has 0 spiro atoms. The summed E-state index contributed by atoms with van der Waals surface area (Å²) in [4.78, 5) is 6.91. The maximum atomic E-state index is 5.97. The normalized spacial score (nSPS) is 18.8. The molecule has 0 unspecified atom stereocenters. The van der Waals surface area contributed by atoms with Gasteiger partial charge in [0, 0.05) is 24.9 Å². The maximum Gasteiger partial charge on any atom is 0.0572 e. The number of pyridine rings is 1. The van der Waals surface area contributed by atoms with Crippen molar-refractivity contribution < 1.29 is 0 Å². The highest BCUT2D eigenvalue weighted by Gasteiger charge is 2.11. The Bertz CT molecular complexity index is 331. The van der Waals surface area contributed by atoms with Crippen LogP contribution in [0, 0.1) is 0 Å². The number of rotatable bonds is 3. The van der Waals surface area contributed by atoms with Crippen molar-refractivity contribution in [3.05, 3.63) is 24.0 Å². The minimum Gasteiger partial charge on any atom is -0.369 e. The summed E-state index contributed by atoms with van der Waals surface area (Å²) in [7, 11) is 0. The van der Waals surface area contributed by atoms with E-state index < -0.39 is 0 Å². The number of hydrogen-bond donors (Lipinski definition) is 1. The molecule has 1 fully saturated rings. The first-order valence-electron chi connectivity index (χ1n) is 6.35. The lowest BCUT2D eigenvalue weighted by atomic mass is 10.1. The second kappa shape index (κ2) is 6.26. The molecule has 1 aliphatic heterocycles. The molecule has 1 aromatic heterocycles. The first-order valence-corrected chi connectivity index (χ1v) is 7.51. The summed E-state index contributed by atoms with van der Waals surface area (Å²) >= 11 is 2.04. The maximum absolute atomic E-state index is 5.97. The van der Waals surface area contributed by atoms with Crippen LogP contribution in [0.5, 0.6) is 0 Å². The van der Waals surface area contributed by atoms with Crippen molar-refractivity contribution in [1.29, 1.82) is 0 Å². The number of anilines is 1. The molecule has 0 aromatic carbocycles. The molecule has 0 amide bonds. The van der Waals surface area contributed by atoms with Crippen molar-refractivity contribution in [2.24, 2.45) is 5.73 Å². The zero-order valence-corrected chi connectivity index (χ0v) is 11.2. The van der Waals surface area contributed by atoms with E-state index in [1.165, 1.54) is 23.6 Å². The van der Waals surface area contributed by atoms with E-state index in [4.69, 9.17) is 5.73 Å². The number of thioether (sulfide) groups is 1. The summed E-state index contributed by atoms with van der Waals surface area (Å²) < 4.78 is 0. The Kier molecular flexibility index (Phi) is 4.68. The summed E-state index contributed by atoms with van der Waals surface area (Å²) in [5.74, 6) is 2.50. The van der Waals surface area contributed by atoms with Crippen LogP contribution in [0.1, 0.15) is 31.5 Å². The van der Waals surface area contributed by atoms with Gasteiger partial charge in [0.2, 0.25) is 0 Å². The van der Waals surface area contributed by atoms with Gasteiger partial charge >= 0.3 is 0 Å². The molecule has 3 nitrogen and oxygen atoms in total. The highest BCUT2D eigenvalue weighted by atomic mass is 32.2. The van der Waals surface area contributed by atoms with Crippen LogP contribution < -0.4 is 10.6 Å². The van der Waals surface area contributed by atoms with Gasteiger partial charge in [0.15, 0.2) is 0 Å². The van der Waals surface area contributed by atoms with E-state index in [9.17, 15) is 0 Å². The third kappa shape index (κ3) is 3.36. The number of hydrogen-bond acceptors (Lipinski definition) is 4. The van der Waals surface area contributed by atoms with Crippen LogP contribution in [-0.4, -0.2) is 29.6 Å². The molecular formula is C13H21N3S. The van der Waals surface area contributed by atoms with E-state index in [1.54, 1.807) is 0 Å². The smallest absolute Gasteiger partial charge is 0.0572 e. The monoisotopic (exact) mass is 251 g/mol. The van der Waals surface area contributed by atoms with Crippen LogP contribution in [0.15, 0.2) is 18.3 Å². The first kappa shape index (κ1) is 12.7. The molecule has 2 rings (SSSR count). The van der Waals surface area contributed by atoms with Crippen LogP contribution in [0.3, 0.4) is 0 Å². The van der Waals surface area contributed by atoms with Crippen LogP contribution in [-0.2, 0) is 0 Å². The van der Waals surface area contributed by atoms with Crippen LogP contribution in [0.25, 0.3) is 0 Å². The Morgan fingerprint density at radius 3 is 3.00 bits per heavy atom. The molecule has 0 radical (unpaired) electrons. The van der Waals surface area contributed by atoms with Gasteiger partial charge in [0.05, 0.1) is 17.6 Å². The van der Waals surface area contributed by atoms with Crippen LogP contribution in [0.4, 0.5) is 5.69 Å². The average molecular weight is 251 g/mol. The number of aromatic nitrogens is 1. The van der Waals surface area contributed by atoms with Crippen molar-refractivity contribution in [3.8, 4) is 0 Å². The van der Waals surface area contributed by atoms with E-state index in [0.717, 1.165) is 25.2 Å². The van der Waals surface area contributed by atoms with Gasteiger partial charge in [-0.2, -0.15) is 11.8 Å². The van der Waals surface area contributed by atoms with Gasteiger partial charge in [-0.05, 0) is 30.7 Å². The van der Waals surface area contributed by atoms with Crippen molar-refractivity contribution in [3.63, 3.8) is 0 Å². The molecule has 1 atom stereocenters. The van der Waals surface area contributed by atoms with Gasteiger partial charge in [-0.1, -0.05) is 6.92 Å². The lowest BCUT2D eigenvalue weighted by Gasteiger charge is -2.22. The summed E-state index contributed by atoms with van der Waals surface area (Å²) in [6.45, 7) is 4.37. The quantitative estimate of drug-likeness (QED) is 0.896. The third-order valence-corrected chi connectivity index (χ3v) is 4.23. The van der Waals surface area contributed by atoms with E-state index in [2.05, 4.69) is 28.9 Å². The van der Waals surface area contributed by atoms with Gasteiger partial charge in [-0.3, -0.25) is 4.98 Å². The molecule has 1 aliphatic rings. The number of nitrogens with two attached hydrogens (primary N) is 1. The molecule has 0 bridgehead atoms. The summed E-state index contributed by atoms with van der Waals surface area (Å²) in [6, 6.07) is 4.30. The molecule has 2 heterocycles. The predicted octanol–water partition coefficient (Wildman–Crippen LogP) is 2.43. The standard InChI is InChI=1S/C13H21N3S/c1-2-12(14)13-5-4-11(10-15-13)16-6-3-8-17-9-7-16/h4-5,10,12H,2-3,6-9,14H2,1H3/t12-/m1/s1. The van der Waals surface area contributed by atoms with E-state index in [-0.39, 0.29) is 6.04 Å². The molecule has 1 saturated heterocycles. The minimum atomic E-state index is 0.0729. The van der Waals surface area contributed by atoms with Crippen molar-refractivity contribution in [2.75, 3.05) is 29.5 Å². The molecular weight excluding hydrogens is 230 g/mol. The third-order valence-electron chi connectivity index (χ3n) is 3.18. The molecule has 1 aromatic rings. The van der Waals surface area contributed by atoms with Crippen LogP contribution >= 0.6 is 11.8 Å². The lowest BCUT2D eigenvalue weighted by Crippen LogP contribution is -2.25. The molecule has 4 heteroatoms. The number of nitrogens with zero attached hydrogens (tertiary/aromatic N) is 2. The Morgan fingerprint density at radius 1 is 1.41 bits per heavy atom. The molecule has 94 valence electrons. The van der Waals surface area contributed by atoms with E-state index >= 15 is 0 Å². The van der Waals surface area contributed by atoms with Gasteiger partial charge in [0.25, 0.3) is 0 Å². The topological polar surface area (TPSA) is 42.1 Å². The zero-order chi connectivity index (χ0) is 12.1. The van der Waals surface area contributed by atoms with Crippen LogP contribution in [0.2, 0.25) is 0 Å². The van der Waals surface area contributed by atoms with Crippen molar-refractivity contribution >= 4 is 17.4 Å². The van der Waals surface area contributed by atoms with E-state index in [1.807, 2.05) is 18.0 Å². The van der Waals surface area contributed by atoms with Gasteiger partial charge in [-0.25, -0.2) is 0 Å². The second-order valence-corrected chi connectivity index (χ2v) is 5.63. The van der Waals surface area contributed by atoms with Crippen molar-refractivity contribution in [2.45, 2.75) is 25.8 Å². The summed E-state index contributed by atoms with van der Waals surface area (Å²) in [5.41, 5.74) is 8.20. The molecule has 17 heavy (non-hydrogen) atoms. The fourth-order valence-corrected chi connectivity index (χ4v) is 2.90. The summed E-state index contributed by atoms with van der Waals surface area (Å²) in [6.07, 6.45) is 4.18. The Balaban J connectivity index is 2.05. The largest absolute Gasteiger partial charge is 0.369 e. The molecule has 0 saturated carbocycles. The second-order valence-electron chi connectivity index (χ2n) is 4.41. The highest BCUT2D eigenvalue weighted by molar-refractivity contribution is 7.99. The lowest BCUT2D eigenvalue weighted by molar-refractivity contribution is 0.674. The van der Waals surface area contributed by atoms with Gasteiger partial charge < -0.3 is 10.6 Å². The molecule has 0 aliphatic carbocycles. The minimum absolute atomic E-state index is 0.0729. The van der Waals surface area contributed by atoms with Gasteiger partial charge in [0.1, 0.15) is 0 Å². The summed E-state index contributed by atoms with van der Waals surface area (Å²) in [5, 5.41) is 0. The SMILES string of the molecule is CC[C@@H](N)c1ccc(N2CCCSCC2)cn1. The molecule has 2 N–H and O–H groups in total. The first-order chi connectivity index (χ1) is 8.31. The fourth-order valence-electron chi connectivity index (χ4n) is 2.02. The zero-order valence-electron chi connectivity index (χ0n) is 10.4. The Labute approximate surface area is 108 Å². The fraction of sp³-hybridized carbons (Fsp3) is 0.615. The Hall–Kier alpha value is -0.740. The predicted molar refractivity (Wildman–Crippen MR) is 75.6 cm³/mol. The Morgan fingerprint density at radius 2 is 2.29 bits per heavy atom. The highest BCUT2D eigenvalue weighted by Crippen LogP contribution is 2.20. The average Bonchev–Trinajstić information content (AvgIpc) is 2.67. The van der Waals surface area contributed by atoms with E-state index in [0.29, 0.717) is 0 Å².